The molecule has 0 fully saturated rings. The van der Waals surface area contributed by atoms with Crippen LogP contribution in [-0.2, 0) is 0 Å². The average Bonchev–Trinajstić information content (AvgIpc) is 2.07. The third-order valence-corrected chi connectivity index (χ3v) is 2.15. The molecular formula is C9H12FNS. The van der Waals surface area contributed by atoms with E-state index in [2.05, 4.69) is 17.9 Å². The summed E-state index contributed by atoms with van der Waals surface area (Å²) in [7, 11) is 1.84. The van der Waals surface area contributed by atoms with E-state index in [9.17, 15) is 4.39 Å². The molecule has 1 aromatic carbocycles. The molecule has 1 aromatic rings. The van der Waals surface area contributed by atoms with Gasteiger partial charge in [-0.15, -0.1) is 0 Å². The van der Waals surface area contributed by atoms with Crippen molar-refractivity contribution >= 4 is 12.6 Å². The first-order valence-electron chi connectivity index (χ1n) is 3.81. The minimum atomic E-state index is -0.200. The van der Waals surface area contributed by atoms with Gasteiger partial charge in [0.05, 0.1) is 0 Å². The zero-order chi connectivity index (χ0) is 8.97. The molecule has 0 aliphatic heterocycles. The van der Waals surface area contributed by atoms with Crippen LogP contribution in [0.3, 0.4) is 0 Å². The van der Waals surface area contributed by atoms with Gasteiger partial charge >= 0.3 is 0 Å². The van der Waals surface area contributed by atoms with Gasteiger partial charge in [-0.1, -0.05) is 12.1 Å². The summed E-state index contributed by atoms with van der Waals surface area (Å²) in [4.78, 5) is 0. The fourth-order valence-electron chi connectivity index (χ4n) is 1.09. The Balaban J connectivity index is 2.85. The zero-order valence-electron chi connectivity index (χ0n) is 6.92. The molecule has 0 amide bonds. The number of hydrogen-bond donors (Lipinski definition) is 2. The first-order valence-corrected chi connectivity index (χ1v) is 4.44. The Morgan fingerprint density at radius 1 is 1.58 bits per heavy atom. The van der Waals surface area contributed by atoms with Crippen molar-refractivity contribution in [1.82, 2.24) is 5.32 Å². The van der Waals surface area contributed by atoms with Crippen LogP contribution >= 0.6 is 12.6 Å². The fraction of sp³-hybridized carbons (Fsp3) is 0.333. The van der Waals surface area contributed by atoms with Crippen molar-refractivity contribution in [2.45, 2.75) is 6.04 Å². The molecule has 1 atom stereocenters. The van der Waals surface area contributed by atoms with Crippen molar-refractivity contribution in [3.05, 3.63) is 35.6 Å². The van der Waals surface area contributed by atoms with Gasteiger partial charge in [0.2, 0.25) is 0 Å². The number of hydrogen-bond acceptors (Lipinski definition) is 2. The summed E-state index contributed by atoms with van der Waals surface area (Å²) >= 11 is 4.16. The maximum absolute atomic E-state index is 12.7. The number of benzene rings is 1. The lowest BCUT2D eigenvalue weighted by Gasteiger charge is -2.13. The van der Waals surface area contributed by atoms with E-state index in [4.69, 9.17) is 0 Å². The van der Waals surface area contributed by atoms with E-state index in [1.807, 2.05) is 13.1 Å². The second-order valence-electron chi connectivity index (χ2n) is 2.58. The molecule has 0 saturated heterocycles. The maximum atomic E-state index is 12.7. The highest BCUT2D eigenvalue weighted by Crippen LogP contribution is 2.14. The second kappa shape index (κ2) is 4.48. The Morgan fingerprint density at radius 3 is 2.83 bits per heavy atom. The Bertz CT molecular complexity index is 248. The van der Waals surface area contributed by atoms with Gasteiger partial charge in [-0.05, 0) is 24.7 Å². The second-order valence-corrected chi connectivity index (χ2v) is 2.94. The average molecular weight is 185 g/mol. The van der Waals surface area contributed by atoms with Crippen molar-refractivity contribution in [3.8, 4) is 0 Å². The maximum Gasteiger partial charge on any atom is 0.123 e. The summed E-state index contributed by atoms with van der Waals surface area (Å²) < 4.78 is 12.7. The molecule has 12 heavy (non-hydrogen) atoms. The Kier molecular flexibility index (Phi) is 3.56. The zero-order valence-corrected chi connectivity index (χ0v) is 7.81. The lowest BCUT2D eigenvalue weighted by molar-refractivity contribution is 0.611. The number of halogens is 1. The fourth-order valence-corrected chi connectivity index (χ4v) is 1.48. The highest BCUT2D eigenvalue weighted by atomic mass is 32.1. The quantitative estimate of drug-likeness (QED) is 0.686. The Hall–Kier alpha value is -0.540. The lowest BCUT2D eigenvalue weighted by Crippen LogP contribution is -2.17. The summed E-state index contributed by atoms with van der Waals surface area (Å²) in [6.07, 6.45) is 0. The van der Waals surface area contributed by atoms with Gasteiger partial charge in [0.15, 0.2) is 0 Å². The summed E-state index contributed by atoms with van der Waals surface area (Å²) in [6, 6.07) is 6.69. The summed E-state index contributed by atoms with van der Waals surface area (Å²) in [5.41, 5.74) is 0.938. The summed E-state index contributed by atoms with van der Waals surface area (Å²) in [5.74, 6) is 0.467. The largest absolute Gasteiger partial charge is 0.312 e. The third kappa shape index (κ3) is 2.22. The van der Waals surface area contributed by atoms with Crippen LogP contribution in [0, 0.1) is 5.82 Å². The molecule has 1 rings (SSSR count). The van der Waals surface area contributed by atoms with E-state index in [-0.39, 0.29) is 11.9 Å². The van der Waals surface area contributed by atoms with E-state index in [0.717, 1.165) is 5.56 Å². The predicted octanol–water partition coefficient (Wildman–Crippen LogP) is 2.02. The van der Waals surface area contributed by atoms with Gasteiger partial charge in [0.1, 0.15) is 5.82 Å². The lowest BCUT2D eigenvalue weighted by atomic mass is 10.1. The standard InChI is InChI=1S/C9H12FNS/c1-11-9(6-12)7-3-2-4-8(10)5-7/h2-5,9,11-12H,6H2,1H3. The van der Waals surface area contributed by atoms with Crippen LogP contribution < -0.4 is 5.32 Å². The molecule has 3 heteroatoms. The first kappa shape index (κ1) is 9.55. The van der Waals surface area contributed by atoms with Crippen molar-refractivity contribution < 1.29 is 4.39 Å². The van der Waals surface area contributed by atoms with Crippen LogP contribution in [0.4, 0.5) is 4.39 Å². The molecule has 0 aromatic heterocycles. The first-order chi connectivity index (χ1) is 5.77. The molecule has 0 heterocycles. The molecular weight excluding hydrogens is 173 g/mol. The van der Waals surface area contributed by atoms with E-state index < -0.39 is 0 Å². The molecule has 0 aliphatic rings. The van der Waals surface area contributed by atoms with Crippen molar-refractivity contribution in [3.63, 3.8) is 0 Å². The number of nitrogens with one attached hydrogen (secondary N) is 1. The van der Waals surface area contributed by atoms with E-state index in [0.29, 0.717) is 5.75 Å². The predicted molar refractivity (Wildman–Crippen MR) is 52.1 cm³/mol. The highest BCUT2D eigenvalue weighted by Gasteiger charge is 2.06. The normalized spacial score (nSPS) is 12.9. The van der Waals surface area contributed by atoms with Crippen LogP contribution in [0.15, 0.2) is 24.3 Å². The van der Waals surface area contributed by atoms with Gasteiger partial charge in [-0.25, -0.2) is 4.39 Å². The van der Waals surface area contributed by atoms with E-state index in [1.165, 1.54) is 12.1 Å². The Morgan fingerprint density at radius 2 is 2.33 bits per heavy atom. The molecule has 0 radical (unpaired) electrons. The molecule has 0 spiro atoms. The van der Waals surface area contributed by atoms with Gasteiger partial charge < -0.3 is 5.32 Å². The van der Waals surface area contributed by atoms with Crippen molar-refractivity contribution in [1.29, 1.82) is 0 Å². The van der Waals surface area contributed by atoms with Crippen molar-refractivity contribution in [2.24, 2.45) is 0 Å². The molecule has 1 N–H and O–H groups in total. The number of rotatable bonds is 3. The molecule has 0 aliphatic carbocycles. The molecule has 66 valence electrons. The summed E-state index contributed by atoms with van der Waals surface area (Å²) in [6.45, 7) is 0. The van der Waals surface area contributed by atoms with E-state index >= 15 is 0 Å². The smallest absolute Gasteiger partial charge is 0.123 e. The van der Waals surface area contributed by atoms with Crippen LogP contribution in [0.2, 0.25) is 0 Å². The Labute approximate surface area is 77.4 Å². The minimum Gasteiger partial charge on any atom is -0.312 e. The van der Waals surface area contributed by atoms with E-state index in [1.54, 1.807) is 6.07 Å². The van der Waals surface area contributed by atoms with Crippen molar-refractivity contribution in [2.75, 3.05) is 12.8 Å². The monoisotopic (exact) mass is 185 g/mol. The molecule has 0 bridgehead atoms. The van der Waals surface area contributed by atoms with Gasteiger partial charge in [-0.3, -0.25) is 0 Å². The van der Waals surface area contributed by atoms with Crippen LogP contribution in [0.1, 0.15) is 11.6 Å². The molecule has 0 saturated carbocycles. The summed E-state index contributed by atoms with van der Waals surface area (Å²) in [5, 5.41) is 3.05. The number of thiol groups is 1. The third-order valence-electron chi connectivity index (χ3n) is 1.78. The molecule has 1 unspecified atom stereocenters. The van der Waals surface area contributed by atoms with Crippen LogP contribution in [-0.4, -0.2) is 12.8 Å². The van der Waals surface area contributed by atoms with Crippen LogP contribution in [0.5, 0.6) is 0 Å². The van der Waals surface area contributed by atoms with Gasteiger partial charge in [0.25, 0.3) is 0 Å². The topological polar surface area (TPSA) is 12.0 Å². The minimum absolute atomic E-state index is 0.129. The SMILES string of the molecule is CNC(CS)c1cccc(F)c1. The molecule has 1 nitrogen and oxygen atoms in total. The highest BCUT2D eigenvalue weighted by molar-refractivity contribution is 7.80. The van der Waals surface area contributed by atoms with Gasteiger partial charge in [0, 0.05) is 11.8 Å². The van der Waals surface area contributed by atoms with Crippen LogP contribution in [0.25, 0.3) is 0 Å². The van der Waals surface area contributed by atoms with Gasteiger partial charge in [-0.2, -0.15) is 12.6 Å².